The molecule has 0 aromatic rings. The van der Waals surface area contributed by atoms with E-state index in [1.165, 1.54) is 0 Å². The maximum atomic E-state index is 11.9. The summed E-state index contributed by atoms with van der Waals surface area (Å²) in [6.07, 6.45) is 0.924. The maximum Gasteiger partial charge on any atom is 0.239 e. The van der Waals surface area contributed by atoms with Crippen LogP contribution in [0.5, 0.6) is 0 Å². The first kappa shape index (κ1) is 12.8. The minimum atomic E-state index is -0.0698. The molecule has 1 aliphatic rings. The van der Waals surface area contributed by atoms with Gasteiger partial charge in [0.25, 0.3) is 0 Å². The van der Waals surface area contributed by atoms with Crippen molar-refractivity contribution in [1.29, 1.82) is 0 Å². The highest BCUT2D eigenvalue weighted by Crippen LogP contribution is 2.10. The quantitative estimate of drug-likeness (QED) is 0.648. The van der Waals surface area contributed by atoms with Crippen LogP contribution in [0.4, 0.5) is 0 Å². The van der Waals surface area contributed by atoms with Crippen LogP contribution in [-0.2, 0) is 4.79 Å². The van der Waals surface area contributed by atoms with E-state index in [1.807, 2.05) is 23.6 Å². The number of carbonyl (C=O) groups excluding carboxylic acids is 1. The van der Waals surface area contributed by atoms with E-state index in [-0.39, 0.29) is 11.9 Å². The van der Waals surface area contributed by atoms with Crippen molar-refractivity contribution < 1.29 is 4.79 Å². The van der Waals surface area contributed by atoms with Gasteiger partial charge in [0.15, 0.2) is 0 Å². The first-order chi connectivity index (χ1) is 7.25. The summed E-state index contributed by atoms with van der Waals surface area (Å²) >= 11 is 1.92. The molecule has 4 nitrogen and oxygen atoms in total. The monoisotopic (exact) mass is 231 g/mol. The van der Waals surface area contributed by atoms with E-state index in [0.29, 0.717) is 6.54 Å². The topological polar surface area (TPSA) is 58.4 Å². The first-order valence-electron chi connectivity index (χ1n) is 5.55. The number of thioether (sulfide) groups is 1. The summed E-state index contributed by atoms with van der Waals surface area (Å²) in [5.74, 6) is 2.37. The van der Waals surface area contributed by atoms with Crippen molar-refractivity contribution in [2.45, 2.75) is 19.4 Å². The molecule has 0 aromatic carbocycles. The average molecular weight is 231 g/mol. The second kappa shape index (κ2) is 7.09. The smallest absolute Gasteiger partial charge is 0.239 e. The van der Waals surface area contributed by atoms with Crippen molar-refractivity contribution in [3.05, 3.63) is 0 Å². The van der Waals surface area contributed by atoms with Gasteiger partial charge in [0, 0.05) is 24.6 Å². The summed E-state index contributed by atoms with van der Waals surface area (Å²) in [5.41, 5.74) is 5.40. The fourth-order valence-electron chi connectivity index (χ4n) is 1.57. The van der Waals surface area contributed by atoms with Gasteiger partial charge < -0.3 is 16.0 Å². The molecular formula is C10H21N3OS. The summed E-state index contributed by atoms with van der Waals surface area (Å²) in [4.78, 5) is 13.9. The van der Waals surface area contributed by atoms with E-state index >= 15 is 0 Å². The molecule has 0 saturated carbocycles. The predicted octanol–water partition coefficient (Wildman–Crippen LogP) is -0.111. The van der Waals surface area contributed by atoms with Crippen LogP contribution in [0.2, 0.25) is 0 Å². The first-order valence-corrected chi connectivity index (χ1v) is 6.71. The lowest BCUT2D eigenvalue weighted by molar-refractivity contribution is -0.132. The maximum absolute atomic E-state index is 11.9. The van der Waals surface area contributed by atoms with Gasteiger partial charge in [0.1, 0.15) is 0 Å². The number of nitrogens with zero attached hydrogens (tertiary/aromatic N) is 1. The molecule has 88 valence electrons. The standard InChI is InChI=1S/C10H21N3OS/c1-9(12-4-2-3-11)10(14)13-5-7-15-8-6-13/h9,12H,2-8,11H2,1H3/t9-/m0/s1. The average Bonchev–Trinajstić information content (AvgIpc) is 2.29. The summed E-state index contributed by atoms with van der Waals surface area (Å²) in [6, 6.07) is -0.0698. The largest absolute Gasteiger partial charge is 0.340 e. The van der Waals surface area contributed by atoms with E-state index in [9.17, 15) is 4.79 Å². The lowest BCUT2D eigenvalue weighted by Crippen LogP contribution is -2.48. The number of nitrogens with one attached hydrogen (secondary N) is 1. The van der Waals surface area contributed by atoms with E-state index in [2.05, 4.69) is 5.32 Å². The Bertz CT molecular complexity index is 195. The Kier molecular flexibility index (Phi) is 6.05. The van der Waals surface area contributed by atoms with Gasteiger partial charge in [-0.3, -0.25) is 4.79 Å². The number of hydrogen-bond acceptors (Lipinski definition) is 4. The van der Waals surface area contributed by atoms with Gasteiger partial charge in [-0.1, -0.05) is 0 Å². The third-order valence-electron chi connectivity index (χ3n) is 2.52. The molecular weight excluding hydrogens is 210 g/mol. The van der Waals surface area contributed by atoms with Crippen LogP contribution >= 0.6 is 11.8 Å². The molecule has 1 rings (SSSR count). The molecule has 0 aliphatic carbocycles. The van der Waals surface area contributed by atoms with Crippen molar-refractivity contribution in [3.63, 3.8) is 0 Å². The zero-order valence-electron chi connectivity index (χ0n) is 9.37. The van der Waals surface area contributed by atoms with Crippen LogP contribution < -0.4 is 11.1 Å². The van der Waals surface area contributed by atoms with Crippen molar-refractivity contribution >= 4 is 17.7 Å². The van der Waals surface area contributed by atoms with Gasteiger partial charge >= 0.3 is 0 Å². The van der Waals surface area contributed by atoms with Crippen LogP contribution in [-0.4, -0.2) is 54.5 Å². The third-order valence-corrected chi connectivity index (χ3v) is 3.47. The van der Waals surface area contributed by atoms with Crippen LogP contribution in [0.3, 0.4) is 0 Å². The third kappa shape index (κ3) is 4.40. The predicted molar refractivity (Wildman–Crippen MR) is 65.0 cm³/mol. The fraction of sp³-hybridized carbons (Fsp3) is 0.900. The van der Waals surface area contributed by atoms with E-state index in [0.717, 1.165) is 37.6 Å². The minimum Gasteiger partial charge on any atom is -0.340 e. The summed E-state index contributed by atoms with van der Waals surface area (Å²) in [6.45, 7) is 5.22. The minimum absolute atomic E-state index is 0.0698. The second-order valence-electron chi connectivity index (χ2n) is 3.76. The lowest BCUT2D eigenvalue weighted by atomic mass is 10.2. The van der Waals surface area contributed by atoms with E-state index in [1.54, 1.807) is 0 Å². The molecule has 5 heteroatoms. The van der Waals surface area contributed by atoms with Crippen LogP contribution in [0.1, 0.15) is 13.3 Å². The lowest BCUT2D eigenvalue weighted by Gasteiger charge is -2.29. The Balaban J connectivity index is 2.24. The molecule has 1 fully saturated rings. The Labute approximate surface area is 96.0 Å². The molecule has 0 radical (unpaired) electrons. The fourth-order valence-corrected chi connectivity index (χ4v) is 2.47. The van der Waals surface area contributed by atoms with Crippen LogP contribution in [0.15, 0.2) is 0 Å². The molecule has 1 atom stereocenters. The van der Waals surface area contributed by atoms with Gasteiger partial charge in [-0.15, -0.1) is 0 Å². The number of nitrogens with two attached hydrogens (primary N) is 1. The molecule has 0 unspecified atom stereocenters. The molecule has 3 N–H and O–H groups in total. The van der Waals surface area contributed by atoms with Gasteiger partial charge in [-0.25, -0.2) is 0 Å². The summed E-state index contributed by atoms with van der Waals surface area (Å²) < 4.78 is 0. The van der Waals surface area contributed by atoms with Gasteiger partial charge in [0.2, 0.25) is 5.91 Å². The number of rotatable bonds is 5. The Morgan fingerprint density at radius 1 is 1.53 bits per heavy atom. The molecule has 0 aromatic heterocycles. The summed E-state index contributed by atoms with van der Waals surface area (Å²) in [7, 11) is 0. The van der Waals surface area contributed by atoms with Crippen molar-refractivity contribution in [2.75, 3.05) is 37.7 Å². The Morgan fingerprint density at radius 3 is 2.80 bits per heavy atom. The number of hydrogen-bond donors (Lipinski definition) is 2. The van der Waals surface area contributed by atoms with E-state index in [4.69, 9.17) is 5.73 Å². The number of carbonyl (C=O) groups is 1. The summed E-state index contributed by atoms with van der Waals surface area (Å²) in [5, 5.41) is 3.20. The highest BCUT2D eigenvalue weighted by Gasteiger charge is 2.21. The second-order valence-corrected chi connectivity index (χ2v) is 4.98. The molecule has 1 saturated heterocycles. The molecule has 1 heterocycles. The van der Waals surface area contributed by atoms with Gasteiger partial charge in [-0.2, -0.15) is 11.8 Å². The van der Waals surface area contributed by atoms with Gasteiger partial charge in [-0.05, 0) is 26.4 Å². The highest BCUT2D eigenvalue weighted by molar-refractivity contribution is 7.99. The van der Waals surface area contributed by atoms with Crippen LogP contribution in [0.25, 0.3) is 0 Å². The van der Waals surface area contributed by atoms with Gasteiger partial charge in [0.05, 0.1) is 6.04 Å². The molecule has 1 aliphatic heterocycles. The normalized spacial score (nSPS) is 18.9. The van der Waals surface area contributed by atoms with E-state index < -0.39 is 0 Å². The Hall–Kier alpha value is -0.260. The molecule has 1 amide bonds. The highest BCUT2D eigenvalue weighted by atomic mass is 32.2. The molecule has 0 bridgehead atoms. The van der Waals surface area contributed by atoms with Crippen molar-refractivity contribution in [3.8, 4) is 0 Å². The number of amides is 1. The van der Waals surface area contributed by atoms with Crippen LogP contribution in [0, 0.1) is 0 Å². The molecule has 0 spiro atoms. The zero-order chi connectivity index (χ0) is 11.1. The Morgan fingerprint density at radius 2 is 2.20 bits per heavy atom. The van der Waals surface area contributed by atoms with Crippen molar-refractivity contribution in [2.24, 2.45) is 5.73 Å². The molecule has 15 heavy (non-hydrogen) atoms. The zero-order valence-corrected chi connectivity index (χ0v) is 10.2. The van der Waals surface area contributed by atoms with Crippen molar-refractivity contribution in [1.82, 2.24) is 10.2 Å². The SMILES string of the molecule is C[C@H](NCCCN)C(=O)N1CCSCC1.